The number of benzene rings is 1. The van der Waals surface area contributed by atoms with E-state index in [0.29, 0.717) is 18.3 Å². The topological polar surface area (TPSA) is 111 Å². The summed E-state index contributed by atoms with van der Waals surface area (Å²) in [6, 6.07) is 10.8. The van der Waals surface area contributed by atoms with Crippen molar-refractivity contribution in [2.75, 3.05) is 41.1 Å². The Morgan fingerprint density at radius 2 is 1.76 bits per heavy atom. The normalized spacial score (nSPS) is 18.7. The van der Waals surface area contributed by atoms with E-state index in [1.165, 1.54) is 51.3 Å². The highest BCUT2D eigenvalue weighted by Crippen LogP contribution is 2.39. The number of anilines is 2. The first-order valence-electron chi connectivity index (χ1n) is 13.1. The molecule has 1 fully saturated rings. The summed E-state index contributed by atoms with van der Waals surface area (Å²) in [5.41, 5.74) is -2.65. The van der Waals surface area contributed by atoms with Gasteiger partial charge in [0, 0.05) is 31.5 Å². The second-order valence-corrected chi connectivity index (χ2v) is 15.7. The summed E-state index contributed by atoms with van der Waals surface area (Å²) in [4.78, 5) is 5.86. The minimum atomic E-state index is -4.90. The van der Waals surface area contributed by atoms with E-state index in [9.17, 15) is 35.1 Å². The fourth-order valence-electron chi connectivity index (χ4n) is 4.80. The first-order chi connectivity index (χ1) is 19.5. The first kappa shape index (κ1) is 32.2. The van der Waals surface area contributed by atoms with E-state index in [4.69, 9.17) is 0 Å². The van der Waals surface area contributed by atoms with Crippen LogP contribution in [0, 0.1) is 5.92 Å². The van der Waals surface area contributed by atoms with Crippen LogP contribution in [0.3, 0.4) is 0 Å². The third kappa shape index (κ3) is 6.75. The van der Waals surface area contributed by atoms with Crippen molar-refractivity contribution in [3.63, 3.8) is 0 Å². The van der Waals surface area contributed by atoms with Gasteiger partial charge >= 0.3 is 6.18 Å². The van der Waals surface area contributed by atoms with Crippen molar-refractivity contribution in [1.82, 2.24) is 9.29 Å². The van der Waals surface area contributed by atoms with Gasteiger partial charge in [0.05, 0.1) is 30.2 Å². The molecule has 0 amide bonds. The first-order valence-corrected chi connectivity index (χ1v) is 17.1. The SMILES string of the molecule is CC(C)CS(=O)(=O)N(C[C@H]1CN(S(=O)(=O)c2cccs2)CCN1c1ccc([C@@](C)(O)C(F)(F)F)cc1)c1cccnc1. The van der Waals surface area contributed by atoms with Gasteiger partial charge in [0.1, 0.15) is 4.21 Å². The van der Waals surface area contributed by atoms with Gasteiger partial charge in [-0.3, -0.25) is 9.29 Å². The molecule has 0 unspecified atom stereocenters. The van der Waals surface area contributed by atoms with Crippen molar-refractivity contribution in [2.45, 2.75) is 42.8 Å². The average molecular weight is 647 g/mol. The largest absolute Gasteiger partial charge is 0.421 e. The molecule has 15 heteroatoms. The summed E-state index contributed by atoms with van der Waals surface area (Å²) in [6.07, 6.45) is -1.97. The van der Waals surface area contributed by atoms with Gasteiger partial charge in [-0.25, -0.2) is 16.8 Å². The Hall–Kier alpha value is -2.72. The van der Waals surface area contributed by atoms with E-state index in [1.54, 1.807) is 42.3 Å². The Morgan fingerprint density at radius 1 is 1.07 bits per heavy atom. The number of aromatic nitrogens is 1. The van der Waals surface area contributed by atoms with E-state index >= 15 is 0 Å². The van der Waals surface area contributed by atoms with Crippen molar-refractivity contribution in [3.05, 3.63) is 71.9 Å². The van der Waals surface area contributed by atoms with Crippen molar-refractivity contribution < 1.29 is 35.1 Å². The number of rotatable bonds is 10. The number of aliphatic hydroxyl groups is 1. The van der Waals surface area contributed by atoms with E-state index in [-0.39, 0.29) is 47.6 Å². The standard InChI is InChI=1S/C27H33F3N4O5S3/c1-20(2)19-41(36,37)34(23-6-4-12-31-16-23)18-24-17-32(42(38,39)25-7-5-15-40-25)13-14-33(24)22-10-8-21(9-11-22)26(3,35)27(28,29)30/h4-12,15-16,20,24,35H,13-14,17-19H2,1-3H3/t24-,26-/m1/s1. The minimum Gasteiger partial charge on any atom is -0.376 e. The maximum absolute atomic E-state index is 13.6. The smallest absolute Gasteiger partial charge is 0.376 e. The molecule has 230 valence electrons. The zero-order chi connectivity index (χ0) is 30.9. The fraction of sp³-hybridized carbons (Fsp3) is 0.444. The highest BCUT2D eigenvalue weighted by molar-refractivity contribution is 7.92. The molecule has 1 aliphatic heterocycles. The van der Waals surface area contributed by atoms with Crippen LogP contribution in [0.15, 0.2) is 70.5 Å². The molecule has 0 bridgehead atoms. The van der Waals surface area contributed by atoms with Crippen molar-refractivity contribution >= 4 is 42.8 Å². The van der Waals surface area contributed by atoms with Gasteiger partial charge < -0.3 is 10.0 Å². The summed E-state index contributed by atoms with van der Waals surface area (Å²) in [5.74, 6) is -0.353. The Bertz CT molecular complexity index is 1550. The summed E-state index contributed by atoms with van der Waals surface area (Å²) >= 11 is 1.08. The zero-order valence-electron chi connectivity index (χ0n) is 23.3. The molecule has 4 rings (SSSR count). The molecule has 1 N–H and O–H groups in total. The lowest BCUT2D eigenvalue weighted by molar-refractivity contribution is -0.258. The van der Waals surface area contributed by atoms with Crippen LogP contribution in [-0.2, 0) is 25.6 Å². The second kappa shape index (κ2) is 12.1. The van der Waals surface area contributed by atoms with Crippen LogP contribution in [0.25, 0.3) is 0 Å². The van der Waals surface area contributed by atoms with Crippen LogP contribution in [0.1, 0.15) is 26.3 Å². The monoisotopic (exact) mass is 646 g/mol. The maximum Gasteiger partial charge on any atom is 0.421 e. The summed E-state index contributed by atoms with van der Waals surface area (Å²) in [6.45, 7) is 4.23. The molecule has 0 radical (unpaired) electrons. The number of hydrogen-bond donors (Lipinski definition) is 1. The number of thiophene rings is 1. The molecule has 3 heterocycles. The molecule has 1 aromatic carbocycles. The van der Waals surface area contributed by atoms with Gasteiger partial charge in [-0.1, -0.05) is 32.0 Å². The Kier molecular flexibility index (Phi) is 9.28. The van der Waals surface area contributed by atoms with Gasteiger partial charge in [0.25, 0.3) is 10.0 Å². The molecule has 2 aromatic heterocycles. The van der Waals surface area contributed by atoms with E-state index in [2.05, 4.69) is 4.98 Å². The number of pyridine rings is 1. The lowest BCUT2D eigenvalue weighted by Gasteiger charge is -2.44. The molecule has 1 aliphatic rings. The number of halogens is 3. The zero-order valence-corrected chi connectivity index (χ0v) is 25.7. The lowest BCUT2D eigenvalue weighted by Crippen LogP contribution is -2.59. The summed E-state index contributed by atoms with van der Waals surface area (Å²) in [7, 11) is -7.74. The highest BCUT2D eigenvalue weighted by Gasteiger charge is 2.51. The second-order valence-electron chi connectivity index (χ2n) is 10.7. The van der Waals surface area contributed by atoms with Gasteiger partial charge in [-0.2, -0.15) is 17.5 Å². The molecular formula is C27H33F3N4O5S3. The number of sulfonamides is 2. The Labute approximate surface area is 248 Å². The van der Waals surface area contributed by atoms with Gasteiger partial charge in [-0.15, -0.1) is 11.3 Å². The van der Waals surface area contributed by atoms with Crippen LogP contribution in [0.4, 0.5) is 24.5 Å². The van der Waals surface area contributed by atoms with Crippen molar-refractivity contribution in [1.29, 1.82) is 0 Å². The Balaban J connectivity index is 1.74. The molecular weight excluding hydrogens is 614 g/mol. The van der Waals surface area contributed by atoms with E-state index in [1.807, 2.05) is 0 Å². The number of alkyl halides is 3. The number of hydrogen-bond acceptors (Lipinski definition) is 8. The molecule has 0 spiro atoms. The quantitative estimate of drug-likeness (QED) is 0.350. The Morgan fingerprint density at radius 3 is 2.31 bits per heavy atom. The van der Waals surface area contributed by atoms with E-state index in [0.717, 1.165) is 11.3 Å². The number of piperazine rings is 1. The molecule has 1 saturated heterocycles. The van der Waals surface area contributed by atoms with Crippen LogP contribution >= 0.6 is 11.3 Å². The minimum absolute atomic E-state index is 0.0732. The van der Waals surface area contributed by atoms with Crippen molar-refractivity contribution in [2.24, 2.45) is 5.92 Å². The van der Waals surface area contributed by atoms with Crippen molar-refractivity contribution in [3.8, 4) is 0 Å². The molecule has 3 aromatic rings. The number of nitrogens with zero attached hydrogens (tertiary/aromatic N) is 4. The van der Waals surface area contributed by atoms with Gasteiger partial charge in [-0.05, 0) is 54.1 Å². The molecule has 2 atom stereocenters. The fourth-order valence-corrected chi connectivity index (χ4v) is 9.27. The molecule has 0 saturated carbocycles. The third-order valence-electron chi connectivity index (χ3n) is 7.04. The predicted octanol–water partition coefficient (Wildman–Crippen LogP) is 4.28. The lowest BCUT2D eigenvalue weighted by atomic mass is 9.95. The molecule has 9 nitrogen and oxygen atoms in total. The third-order valence-corrected chi connectivity index (χ3v) is 12.4. The predicted molar refractivity (Wildman–Crippen MR) is 156 cm³/mol. The summed E-state index contributed by atoms with van der Waals surface area (Å²) < 4.78 is 97.0. The molecule has 42 heavy (non-hydrogen) atoms. The van der Waals surface area contributed by atoms with Gasteiger partial charge in [0.15, 0.2) is 5.60 Å². The van der Waals surface area contributed by atoms with Crippen LogP contribution in [0.2, 0.25) is 0 Å². The summed E-state index contributed by atoms with van der Waals surface area (Å²) in [5, 5.41) is 11.8. The average Bonchev–Trinajstić information content (AvgIpc) is 3.47. The highest BCUT2D eigenvalue weighted by atomic mass is 32.2. The maximum atomic E-state index is 13.6. The van der Waals surface area contributed by atoms with Gasteiger partial charge in [0.2, 0.25) is 10.0 Å². The molecule has 0 aliphatic carbocycles. The van der Waals surface area contributed by atoms with Crippen LogP contribution in [-0.4, -0.2) is 75.4 Å². The van der Waals surface area contributed by atoms with E-state index < -0.39 is 37.9 Å². The van der Waals surface area contributed by atoms with Crippen LogP contribution < -0.4 is 9.21 Å². The van der Waals surface area contributed by atoms with Crippen LogP contribution in [0.5, 0.6) is 0 Å².